The molecule has 2 amide bonds. The second kappa shape index (κ2) is 3.46. The molecule has 5 heteroatoms. The summed E-state index contributed by atoms with van der Waals surface area (Å²) >= 11 is 0. The van der Waals surface area contributed by atoms with Gasteiger partial charge in [-0.1, -0.05) is 19.1 Å². The van der Waals surface area contributed by atoms with E-state index in [9.17, 15) is 9.59 Å². The minimum Gasteiger partial charge on any atom is -0.337 e. The second-order valence-electron chi connectivity index (χ2n) is 6.46. The van der Waals surface area contributed by atoms with E-state index >= 15 is 0 Å². The molecular formula is C14H17N3O2. The highest BCUT2D eigenvalue weighted by molar-refractivity contribution is 6.43. The Bertz CT molecular complexity index is 539. The van der Waals surface area contributed by atoms with E-state index in [4.69, 9.17) is 0 Å². The number of nitrogens with zero attached hydrogens (tertiary/aromatic N) is 2. The number of amides is 2. The first-order valence-electron chi connectivity index (χ1n) is 6.91. The molecule has 2 heterocycles. The second-order valence-corrected chi connectivity index (χ2v) is 6.46. The molecule has 19 heavy (non-hydrogen) atoms. The van der Waals surface area contributed by atoms with E-state index < -0.39 is 0 Å². The van der Waals surface area contributed by atoms with Gasteiger partial charge in [0, 0.05) is 13.1 Å². The highest BCUT2D eigenvalue weighted by Crippen LogP contribution is 2.59. The number of hydrazone groups is 1. The van der Waals surface area contributed by atoms with Gasteiger partial charge in [0.15, 0.2) is 0 Å². The van der Waals surface area contributed by atoms with Crippen LogP contribution in [-0.4, -0.2) is 35.5 Å². The third-order valence-corrected chi connectivity index (χ3v) is 5.45. The molecule has 0 aromatic carbocycles. The lowest BCUT2D eigenvalue weighted by Gasteiger charge is -2.31. The zero-order valence-corrected chi connectivity index (χ0v) is 10.9. The van der Waals surface area contributed by atoms with Gasteiger partial charge < -0.3 is 4.90 Å². The van der Waals surface area contributed by atoms with Crippen molar-refractivity contribution in [3.63, 3.8) is 0 Å². The maximum absolute atomic E-state index is 12.4. The lowest BCUT2D eigenvalue weighted by atomic mass is 9.72. The molecule has 2 aliphatic heterocycles. The summed E-state index contributed by atoms with van der Waals surface area (Å²) in [4.78, 5) is 25.4. The summed E-state index contributed by atoms with van der Waals surface area (Å²) in [5.41, 5.74) is 2.95. The van der Waals surface area contributed by atoms with Crippen LogP contribution in [0.15, 0.2) is 17.3 Å². The predicted octanol–water partition coefficient (Wildman–Crippen LogP) is 0.533. The largest absolute Gasteiger partial charge is 0.337 e. The molecule has 4 rings (SSSR count). The molecule has 1 N–H and O–H groups in total. The first kappa shape index (κ1) is 11.2. The normalized spacial score (nSPS) is 42.6. The monoisotopic (exact) mass is 259 g/mol. The predicted molar refractivity (Wildman–Crippen MR) is 69.1 cm³/mol. The van der Waals surface area contributed by atoms with Crippen molar-refractivity contribution in [1.82, 2.24) is 10.3 Å². The van der Waals surface area contributed by atoms with E-state index in [0.717, 1.165) is 13.1 Å². The molecule has 0 aromatic heterocycles. The van der Waals surface area contributed by atoms with E-state index in [1.165, 1.54) is 6.42 Å². The van der Waals surface area contributed by atoms with Crippen molar-refractivity contribution < 1.29 is 9.59 Å². The molecule has 100 valence electrons. The van der Waals surface area contributed by atoms with Crippen molar-refractivity contribution in [1.29, 1.82) is 0 Å². The molecule has 2 bridgehead atoms. The Balaban J connectivity index is 1.55. The van der Waals surface area contributed by atoms with Crippen LogP contribution in [0.4, 0.5) is 0 Å². The van der Waals surface area contributed by atoms with Gasteiger partial charge in [0.2, 0.25) is 5.91 Å². The first-order valence-corrected chi connectivity index (χ1v) is 6.91. The summed E-state index contributed by atoms with van der Waals surface area (Å²) in [6.45, 7) is 3.92. The number of carbonyl (C=O) groups excluding carboxylic acids is 2. The topological polar surface area (TPSA) is 61.8 Å². The van der Waals surface area contributed by atoms with Crippen LogP contribution in [0, 0.1) is 23.2 Å². The molecule has 2 aliphatic carbocycles. The Morgan fingerprint density at radius 2 is 2.37 bits per heavy atom. The van der Waals surface area contributed by atoms with Gasteiger partial charge in [-0.25, -0.2) is 5.43 Å². The summed E-state index contributed by atoms with van der Waals surface area (Å²) in [6.07, 6.45) is 6.03. The average Bonchev–Trinajstić information content (AvgIpc) is 3.07. The minimum absolute atomic E-state index is 0.0617. The van der Waals surface area contributed by atoms with Crippen molar-refractivity contribution >= 4 is 17.5 Å². The summed E-state index contributed by atoms with van der Waals surface area (Å²) < 4.78 is 0. The van der Waals surface area contributed by atoms with Gasteiger partial charge in [-0.05, 0) is 29.6 Å². The van der Waals surface area contributed by atoms with Crippen molar-refractivity contribution in [3.05, 3.63) is 12.2 Å². The quantitative estimate of drug-likeness (QED) is 0.698. The average molecular weight is 259 g/mol. The number of hydrogen-bond donors (Lipinski definition) is 1. The maximum Gasteiger partial charge on any atom is 0.270 e. The molecule has 1 saturated carbocycles. The van der Waals surface area contributed by atoms with Crippen LogP contribution in [0.3, 0.4) is 0 Å². The van der Waals surface area contributed by atoms with Gasteiger partial charge in [-0.2, -0.15) is 5.10 Å². The summed E-state index contributed by atoms with van der Waals surface area (Å²) in [7, 11) is 0. The van der Waals surface area contributed by atoms with Gasteiger partial charge >= 0.3 is 0 Å². The van der Waals surface area contributed by atoms with Crippen molar-refractivity contribution in [2.45, 2.75) is 19.8 Å². The maximum atomic E-state index is 12.4. The van der Waals surface area contributed by atoms with E-state index in [-0.39, 0.29) is 23.7 Å². The fourth-order valence-corrected chi connectivity index (χ4v) is 4.39. The van der Waals surface area contributed by atoms with Gasteiger partial charge in [-0.3, -0.25) is 9.59 Å². The number of likely N-dealkylation sites (tertiary alicyclic amines) is 1. The molecule has 0 aromatic rings. The van der Waals surface area contributed by atoms with Crippen LogP contribution in [0.5, 0.6) is 0 Å². The van der Waals surface area contributed by atoms with Crippen molar-refractivity contribution in [2.75, 3.05) is 13.1 Å². The molecular weight excluding hydrogens is 242 g/mol. The van der Waals surface area contributed by atoms with E-state index in [1.807, 2.05) is 4.90 Å². The van der Waals surface area contributed by atoms with Crippen LogP contribution in [0.25, 0.3) is 0 Å². The van der Waals surface area contributed by atoms with E-state index in [2.05, 4.69) is 29.6 Å². The molecule has 0 unspecified atom stereocenters. The number of fused-ring (bicyclic) bond motifs is 5. The number of rotatable bonds is 1. The molecule has 4 aliphatic rings. The van der Waals surface area contributed by atoms with Gasteiger partial charge in [-0.15, -0.1) is 0 Å². The van der Waals surface area contributed by atoms with Crippen LogP contribution in [0.1, 0.15) is 19.8 Å². The highest BCUT2D eigenvalue weighted by Gasteiger charge is 2.58. The smallest absolute Gasteiger partial charge is 0.270 e. The zero-order valence-electron chi connectivity index (χ0n) is 10.9. The van der Waals surface area contributed by atoms with Gasteiger partial charge in [0.1, 0.15) is 5.71 Å². The number of nitrogens with one attached hydrogen (secondary N) is 1. The molecule has 2 fully saturated rings. The van der Waals surface area contributed by atoms with Gasteiger partial charge in [0.05, 0.1) is 6.42 Å². The summed E-state index contributed by atoms with van der Waals surface area (Å²) in [6, 6.07) is 0. The summed E-state index contributed by atoms with van der Waals surface area (Å²) in [5.74, 6) is 1.59. The standard InChI is InChI=1S/C14H17N3O2/c1-14-7-17(13(19)11-5-12(18)16-15-11)6-10(14)8-2-3-9(14)4-8/h2-3,8-10H,4-7H2,1H3,(H,16,18)/t8-,9+,10-,14+/m0/s1. The van der Waals surface area contributed by atoms with Crippen LogP contribution >= 0.6 is 0 Å². The van der Waals surface area contributed by atoms with E-state index in [1.54, 1.807) is 0 Å². The third kappa shape index (κ3) is 1.38. The Hall–Kier alpha value is -1.65. The number of hydrogen-bond acceptors (Lipinski definition) is 3. The Labute approximate surface area is 111 Å². The third-order valence-electron chi connectivity index (χ3n) is 5.45. The van der Waals surface area contributed by atoms with Gasteiger partial charge in [0.25, 0.3) is 5.91 Å². The lowest BCUT2D eigenvalue weighted by Crippen LogP contribution is -2.37. The molecule has 1 saturated heterocycles. The van der Waals surface area contributed by atoms with Crippen LogP contribution in [-0.2, 0) is 9.59 Å². The Morgan fingerprint density at radius 1 is 1.53 bits per heavy atom. The van der Waals surface area contributed by atoms with Crippen molar-refractivity contribution in [2.24, 2.45) is 28.3 Å². The first-order chi connectivity index (χ1) is 9.08. The van der Waals surface area contributed by atoms with Crippen LogP contribution in [0.2, 0.25) is 0 Å². The molecule has 4 atom stereocenters. The van der Waals surface area contributed by atoms with E-state index in [0.29, 0.717) is 23.5 Å². The molecule has 0 radical (unpaired) electrons. The SMILES string of the molecule is C[C@]12CN(C(=O)C3=NNC(=O)C3)C[C@H]1[C@H]1C=C[C@@H]2C1. The highest BCUT2D eigenvalue weighted by atomic mass is 16.2. The van der Waals surface area contributed by atoms with Crippen molar-refractivity contribution in [3.8, 4) is 0 Å². The minimum atomic E-state index is -0.185. The Morgan fingerprint density at radius 3 is 3.05 bits per heavy atom. The Kier molecular flexibility index (Phi) is 2.04. The zero-order chi connectivity index (χ0) is 13.2. The fraction of sp³-hybridized carbons (Fsp3) is 0.643. The molecule has 0 spiro atoms. The summed E-state index contributed by atoms with van der Waals surface area (Å²) in [5, 5.41) is 3.84. The van der Waals surface area contributed by atoms with Crippen LogP contribution < -0.4 is 5.43 Å². The molecule has 5 nitrogen and oxygen atoms in total. The number of carbonyl (C=O) groups is 2. The lowest BCUT2D eigenvalue weighted by molar-refractivity contribution is -0.124. The number of allylic oxidation sites excluding steroid dienone is 2. The fourth-order valence-electron chi connectivity index (χ4n) is 4.39.